The van der Waals surface area contributed by atoms with Crippen molar-refractivity contribution in [2.75, 3.05) is 6.61 Å². The van der Waals surface area contributed by atoms with E-state index in [1.165, 1.54) is 6.07 Å². The van der Waals surface area contributed by atoms with Crippen LogP contribution in [0.25, 0.3) is 0 Å². The van der Waals surface area contributed by atoms with Gasteiger partial charge >= 0.3 is 5.97 Å². The number of carbonyl (C=O) groups is 6. The second kappa shape index (κ2) is 10.2. The van der Waals surface area contributed by atoms with Gasteiger partial charge in [-0.3, -0.25) is 39.0 Å². The smallest absolute Gasteiger partial charge is 0.303 e. The van der Waals surface area contributed by atoms with Gasteiger partial charge in [-0.25, -0.2) is 0 Å². The molecular formula is C22H24N2O8. The molecule has 1 saturated heterocycles. The zero-order valence-corrected chi connectivity index (χ0v) is 17.4. The molecule has 4 amide bonds. The number of benzene rings is 1. The predicted octanol–water partition coefficient (Wildman–Crippen LogP) is 1.46. The molecule has 0 spiro atoms. The molecule has 2 aliphatic rings. The molecule has 0 saturated carbocycles. The molecule has 2 aliphatic heterocycles. The molecule has 3 rings (SSSR count). The summed E-state index contributed by atoms with van der Waals surface area (Å²) in [6.07, 6.45) is 2.04. The van der Waals surface area contributed by atoms with Crippen molar-refractivity contribution in [3.63, 3.8) is 0 Å². The molecule has 1 unspecified atom stereocenters. The minimum absolute atomic E-state index is 0.00694. The van der Waals surface area contributed by atoms with E-state index in [0.29, 0.717) is 25.7 Å². The normalized spacial score (nSPS) is 17.9. The first-order valence-corrected chi connectivity index (χ1v) is 10.5. The average Bonchev–Trinajstić information content (AvgIpc) is 2.99. The number of unbranched alkanes of at least 4 members (excludes halogenated alkanes) is 1. The van der Waals surface area contributed by atoms with E-state index < -0.39 is 35.6 Å². The fraction of sp³-hybridized carbons (Fsp3) is 0.455. The van der Waals surface area contributed by atoms with Crippen LogP contribution in [-0.4, -0.2) is 58.0 Å². The maximum atomic E-state index is 13.0. The number of carboxylic acid groups (broad SMARTS) is 1. The first-order valence-electron chi connectivity index (χ1n) is 10.5. The summed E-state index contributed by atoms with van der Waals surface area (Å²) in [6.45, 7) is 0.221. The lowest BCUT2D eigenvalue weighted by Gasteiger charge is -2.27. The second-order valence-corrected chi connectivity index (χ2v) is 7.72. The molecule has 2 N–H and O–H groups in total. The highest BCUT2D eigenvalue weighted by Gasteiger charge is 2.45. The van der Waals surface area contributed by atoms with Gasteiger partial charge in [0, 0.05) is 25.7 Å². The lowest BCUT2D eigenvalue weighted by atomic mass is 10.0. The number of amides is 4. The standard InChI is InChI=1S/C22H24N2O8/c25-13(6-3-9-18(27)28)5-1-2-12-32-16-8-4-7-14-19(16)22(31)24(21(14)30)15-10-11-17(26)23-20(15)29/h4,7-8,15H,1-3,5-6,9-12H2,(H,27,28)(H,23,26,29). The van der Waals surface area contributed by atoms with E-state index in [0.717, 1.165) is 4.90 Å². The van der Waals surface area contributed by atoms with E-state index in [1.807, 2.05) is 0 Å². The summed E-state index contributed by atoms with van der Waals surface area (Å²) in [6, 6.07) is 3.60. The maximum absolute atomic E-state index is 13.0. The van der Waals surface area contributed by atoms with Crippen LogP contribution < -0.4 is 10.1 Å². The molecule has 2 heterocycles. The summed E-state index contributed by atoms with van der Waals surface area (Å²) < 4.78 is 5.70. The lowest BCUT2D eigenvalue weighted by molar-refractivity contribution is -0.138. The van der Waals surface area contributed by atoms with Crippen LogP contribution in [0.2, 0.25) is 0 Å². The number of nitrogens with one attached hydrogen (secondary N) is 1. The Hall–Kier alpha value is -3.56. The van der Waals surface area contributed by atoms with Crippen molar-refractivity contribution in [3.05, 3.63) is 29.3 Å². The van der Waals surface area contributed by atoms with E-state index >= 15 is 0 Å². The number of carbonyl (C=O) groups excluding carboxylic acids is 5. The highest BCUT2D eigenvalue weighted by Crippen LogP contribution is 2.33. The Kier molecular flexibility index (Phi) is 7.34. The second-order valence-electron chi connectivity index (χ2n) is 7.72. The number of carboxylic acids is 1. The summed E-state index contributed by atoms with van der Waals surface area (Å²) in [4.78, 5) is 72.4. The zero-order valence-electron chi connectivity index (χ0n) is 17.4. The van der Waals surface area contributed by atoms with Gasteiger partial charge in [0.05, 0.1) is 17.7 Å². The summed E-state index contributed by atoms with van der Waals surface area (Å²) in [7, 11) is 0. The van der Waals surface area contributed by atoms with Gasteiger partial charge in [-0.15, -0.1) is 0 Å². The molecule has 1 aromatic rings. The van der Waals surface area contributed by atoms with Gasteiger partial charge in [-0.05, 0) is 37.8 Å². The first kappa shape index (κ1) is 23.1. The third kappa shape index (κ3) is 5.19. The van der Waals surface area contributed by atoms with Crippen LogP contribution in [0.15, 0.2) is 18.2 Å². The minimum Gasteiger partial charge on any atom is -0.493 e. The number of rotatable bonds is 11. The monoisotopic (exact) mass is 444 g/mol. The van der Waals surface area contributed by atoms with Crippen LogP contribution in [-0.2, 0) is 19.2 Å². The van der Waals surface area contributed by atoms with Gasteiger partial charge in [0.1, 0.15) is 17.6 Å². The molecule has 1 fully saturated rings. The van der Waals surface area contributed by atoms with Crippen molar-refractivity contribution >= 4 is 35.4 Å². The lowest BCUT2D eigenvalue weighted by Crippen LogP contribution is -2.54. The van der Waals surface area contributed by atoms with Crippen molar-refractivity contribution in [2.45, 2.75) is 57.4 Å². The van der Waals surface area contributed by atoms with Crippen molar-refractivity contribution in [3.8, 4) is 5.75 Å². The molecular weight excluding hydrogens is 420 g/mol. The first-order chi connectivity index (χ1) is 15.3. The Balaban J connectivity index is 1.55. The molecule has 0 aromatic heterocycles. The average molecular weight is 444 g/mol. The summed E-state index contributed by atoms with van der Waals surface area (Å²) in [5.41, 5.74) is 0.234. The van der Waals surface area contributed by atoms with Crippen molar-refractivity contribution in [1.82, 2.24) is 10.2 Å². The summed E-state index contributed by atoms with van der Waals surface area (Å²) >= 11 is 0. The van der Waals surface area contributed by atoms with Gasteiger partial charge in [0.15, 0.2) is 0 Å². The fourth-order valence-electron chi connectivity index (χ4n) is 3.77. The largest absolute Gasteiger partial charge is 0.493 e. The van der Waals surface area contributed by atoms with Crippen LogP contribution in [0.1, 0.15) is 72.1 Å². The summed E-state index contributed by atoms with van der Waals surface area (Å²) in [5, 5.41) is 10.7. The van der Waals surface area contributed by atoms with Gasteiger partial charge in [-0.1, -0.05) is 6.07 Å². The number of ether oxygens (including phenoxy) is 1. The maximum Gasteiger partial charge on any atom is 0.303 e. The Morgan fingerprint density at radius 1 is 1.03 bits per heavy atom. The molecule has 10 nitrogen and oxygen atoms in total. The van der Waals surface area contributed by atoms with Gasteiger partial charge in [0.2, 0.25) is 11.8 Å². The molecule has 1 atom stereocenters. The number of piperidine rings is 1. The highest BCUT2D eigenvalue weighted by molar-refractivity contribution is 6.24. The van der Waals surface area contributed by atoms with Crippen LogP contribution in [0, 0.1) is 0 Å². The van der Waals surface area contributed by atoms with Gasteiger partial charge in [-0.2, -0.15) is 0 Å². The molecule has 32 heavy (non-hydrogen) atoms. The van der Waals surface area contributed by atoms with Gasteiger partial charge < -0.3 is 9.84 Å². The van der Waals surface area contributed by atoms with E-state index in [-0.39, 0.29) is 54.9 Å². The Labute approximate surface area is 183 Å². The Bertz CT molecular complexity index is 971. The number of ketones is 1. The molecule has 0 bridgehead atoms. The van der Waals surface area contributed by atoms with E-state index in [1.54, 1.807) is 12.1 Å². The van der Waals surface area contributed by atoms with Crippen molar-refractivity contribution < 1.29 is 38.6 Å². The fourth-order valence-corrected chi connectivity index (χ4v) is 3.77. The topological polar surface area (TPSA) is 147 Å². The number of Topliss-reactive ketones (excluding diaryl/α,β-unsaturated/α-hetero) is 1. The third-order valence-electron chi connectivity index (χ3n) is 5.38. The molecule has 170 valence electrons. The highest BCUT2D eigenvalue weighted by atomic mass is 16.5. The van der Waals surface area contributed by atoms with E-state index in [9.17, 15) is 28.8 Å². The summed E-state index contributed by atoms with van der Waals surface area (Å²) in [5.74, 6) is -3.05. The van der Waals surface area contributed by atoms with E-state index in [4.69, 9.17) is 9.84 Å². The number of nitrogens with zero attached hydrogens (tertiary/aromatic N) is 1. The number of imide groups is 2. The zero-order chi connectivity index (χ0) is 23.3. The van der Waals surface area contributed by atoms with Crippen molar-refractivity contribution in [1.29, 1.82) is 0 Å². The van der Waals surface area contributed by atoms with Crippen LogP contribution in [0.3, 0.4) is 0 Å². The van der Waals surface area contributed by atoms with E-state index in [2.05, 4.69) is 5.32 Å². The number of hydrogen-bond donors (Lipinski definition) is 2. The minimum atomic E-state index is -1.04. The quantitative estimate of drug-likeness (QED) is 0.385. The number of aliphatic carboxylic acids is 1. The third-order valence-corrected chi connectivity index (χ3v) is 5.38. The van der Waals surface area contributed by atoms with Crippen molar-refractivity contribution in [2.24, 2.45) is 0 Å². The Morgan fingerprint density at radius 3 is 2.50 bits per heavy atom. The number of fused-ring (bicyclic) bond motifs is 1. The Morgan fingerprint density at radius 2 is 1.78 bits per heavy atom. The SMILES string of the molecule is O=C(O)CCCC(=O)CCCCOc1cccc2c1C(=O)N(C1CCC(=O)NC1=O)C2=O. The van der Waals surface area contributed by atoms with Crippen LogP contribution in [0.5, 0.6) is 5.75 Å². The van der Waals surface area contributed by atoms with Crippen LogP contribution >= 0.6 is 0 Å². The predicted molar refractivity (Wildman–Crippen MR) is 109 cm³/mol. The molecule has 0 aliphatic carbocycles. The van der Waals surface area contributed by atoms with Gasteiger partial charge in [0.25, 0.3) is 11.8 Å². The molecule has 10 heteroatoms. The molecule has 1 aromatic carbocycles. The number of hydrogen-bond acceptors (Lipinski definition) is 7. The molecule has 0 radical (unpaired) electrons. The van der Waals surface area contributed by atoms with Crippen LogP contribution in [0.4, 0.5) is 0 Å².